The number of carbonyl (C=O) groups is 2. The molecule has 5 heteroatoms. The van der Waals surface area contributed by atoms with E-state index in [1.807, 2.05) is 25.1 Å². The van der Waals surface area contributed by atoms with Crippen LogP contribution in [0.15, 0.2) is 24.3 Å². The molecule has 0 aliphatic carbocycles. The maximum atomic E-state index is 11.6. The van der Waals surface area contributed by atoms with Crippen LogP contribution in [0.3, 0.4) is 0 Å². The largest absolute Gasteiger partial charge is 0.481 e. The zero-order valence-electron chi connectivity index (χ0n) is 11.1. The molecular weight excluding hydrogens is 244 g/mol. The first-order chi connectivity index (χ1) is 9.11. The second kappa shape index (κ2) is 8.26. The van der Waals surface area contributed by atoms with Gasteiger partial charge in [0.15, 0.2) is 0 Å². The van der Waals surface area contributed by atoms with Crippen molar-refractivity contribution in [3.8, 4) is 0 Å². The van der Waals surface area contributed by atoms with E-state index in [4.69, 9.17) is 5.11 Å². The molecule has 0 spiro atoms. The maximum absolute atomic E-state index is 11.6. The summed E-state index contributed by atoms with van der Waals surface area (Å²) in [6.07, 6.45) is 0.988. The molecule has 0 atom stereocenters. The first kappa shape index (κ1) is 15.2. The smallest absolute Gasteiger partial charge is 0.303 e. The predicted octanol–water partition coefficient (Wildman–Crippen LogP) is 1.64. The van der Waals surface area contributed by atoms with Gasteiger partial charge in [0.1, 0.15) is 0 Å². The second-order valence-corrected chi connectivity index (χ2v) is 4.25. The van der Waals surface area contributed by atoms with Crippen LogP contribution < -0.4 is 10.6 Å². The summed E-state index contributed by atoms with van der Waals surface area (Å²) in [6, 6.07) is 7.29. The van der Waals surface area contributed by atoms with Crippen LogP contribution in [-0.4, -0.2) is 30.1 Å². The number of nitrogens with one attached hydrogen (secondary N) is 2. The van der Waals surface area contributed by atoms with Crippen LogP contribution in [-0.2, 0) is 16.0 Å². The van der Waals surface area contributed by atoms with Crippen molar-refractivity contribution in [3.63, 3.8) is 0 Å². The Labute approximate surface area is 113 Å². The average molecular weight is 264 g/mol. The third kappa shape index (κ3) is 6.57. The van der Waals surface area contributed by atoms with Crippen LogP contribution in [0.4, 0.5) is 5.69 Å². The zero-order valence-corrected chi connectivity index (χ0v) is 11.1. The first-order valence-electron chi connectivity index (χ1n) is 6.43. The molecule has 0 heterocycles. The monoisotopic (exact) mass is 264 g/mol. The number of anilines is 1. The van der Waals surface area contributed by atoms with E-state index in [2.05, 4.69) is 10.6 Å². The van der Waals surface area contributed by atoms with Gasteiger partial charge in [-0.3, -0.25) is 9.59 Å². The lowest BCUT2D eigenvalue weighted by molar-refractivity contribution is -0.137. The summed E-state index contributed by atoms with van der Waals surface area (Å²) in [4.78, 5) is 22.1. The Hall–Kier alpha value is -1.88. The Balaban J connectivity index is 2.47. The number of rotatable bonds is 8. The molecule has 0 saturated heterocycles. The van der Waals surface area contributed by atoms with Gasteiger partial charge in [-0.2, -0.15) is 0 Å². The second-order valence-electron chi connectivity index (χ2n) is 4.25. The van der Waals surface area contributed by atoms with E-state index in [0.29, 0.717) is 25.1 Å². The van der Waals surface area contributed by atoms with Gasteiger partial charge in [-0.15, -0.1) is 0 Å². The fraction of sp³-hybridized carbons (Fsp3) is 0.429. The molecule has 3 N–H and O–H groups in total. The summed E-state index contributed by atoms with van der Waals surface area (Å²) >= 11 is 0. The molecule has 0 saturated carbocycles. The summed E-state index contributed by atoms with van der Waals surface area (Å²) in [6.45, 7) is 3.49. The molecule has 1 amide bonds. The van der Waals surface area contributed by atoms with E-state index in [1.54, 1.807) is 6.07 Å². The number of aryl methyl sites for hydroxylation is 1. The highest BCUT2D eigenvalue weighted by molar-refractivity contribution is 5.90. The molecule has 5 nitrogen and oxygen atoms in total. The lowest BCUT2D eigenvalue weighted by Crippen LogP contribution is -2.21. The fourth-order valence-corrected chi connectivity index (χ4v) is 1.66. The summed E-state index contributed by atoms with van der Waals surface area (Å²) in [5.74, 6) is -0.864. The van der Waals surface area contributed by atoms with Crippen LogP contribution in [0, 0.1) is 0 Å². The molecule has 0 radical (unpaired) electrons. The fourth-order valence-electron chi connectivity index (χ4n) is 1.66. The van der Waals surface area contributed by atoms with Gasteiger partial charge in [-0.1, -0.05) is 19.1 Å². The topological polar surface area (TPSA) is 78.4 Å². The quantitative estimate of drug-likeness (QED) is 0.624. The molecular formula is C14H20N2O3. The molecule has 19 heavy (non-hydrogen) atoms. The molecule has 0 bridgehead atoms. The number of carboxylic acids is 1. The van der Waals surface area contributed by atoms with E-state index in [0.717, 1.165) is 12.1 Å². The number of amides is 1. The van der Waals surface area contributed by atoms with Crippen LogP contribution in [0.5, 0.6) is 0 Å². The van der Waals surface area contributed by atoms with E-state index < -0.39 is 5.97 Å². The van der Waals surface area contributed by atoms with Gasteiger partial charge in [-0.25, -0.2) is 0 Å². The van der Waals surface area contributed by atoms with Gasteiger partial charge in [0.2, 0.25) is 5.91 Å². The summed E-state index contributed by atoms with van der Waals surface area (Å²) < 4.78 is 0. The van der Waals surface area contributed by atoms with E-state index in [1.165, 1.54) is 0 Å². The molecule has 0 aliphatic heterocycles. The van der Waals surface area contributed by atoms with Crippen LogP contribution in [0.25, 0.3) is 0 Å². The number of carboxylic acid groups (broad SMARTS) is 1. The molecule has 0 unspecified atom stereocenters. The maximum Gasteiger partial charge on any atom is 0.303 e. The summed E-state index contributed by atoms with van der Waals surface area (Å²) in [7, 11) is 0. The molecule has 104 valence electrons. The van der Waals surface area contributed by atoms with Gasteiger partial charge in [0.25, 0.3) is 0 Å². The van der Waals surface area contributed by atoms with Crippen molar-refractivity contribution in [1.29, 1.82) is 0 Å². The number of hydrogen-bond acceptors (Lipinski definition) is 3. The predicted molar refractivity (Wildman–Crippen MR) is 74.2 cm³/mol. The third-order valence-corrected chi connectivity index (χ3v) is 2.62. The Bertz CT molecular complexity index is 432. The van der Waals surface area contributed by atoms with Crippen molar-refractivity contribution in [1.82, 2.24) is 5.32 Å². The van der Waals surface area contributed by atoms with E-state index in [-0.39, 0.29) is 12.3 Å². The standard InChI is InChI=1S/C14H20N2O3/c1-2-15-9-8-13(17)16-12-5-3-4-11(10-12)6-7-14(18)19/h3-5,10,15H,2,6-9H2,1H3,(H,16,17)(H,18,19). The van der Waals surface area contributed by atoms with E-state index in [9.17, 15) is 9.59 Å². The van der Waals surface area contributed by atoms with Gasteiger partial charge >= 0.3 is 5.97 Å². The minimum atomic E-state index is -0.819. The first-order valence-corrected chi connectivity index (χ1v) is 6.43. The van der Waals surface area contributed by atoms with Crippen molar-refractivity contribution >= 4 is 17.6 Å². The van der Waals surface area contributed by atoms with Crippen molar-refractivity contribution in [3.05, 3.63) is 29.8 Å². The number of benzene rings is 1. The highest BCUT2D eigenvalue weighted by Crippen LogP contribution is 2.12. The lowest BCUT2D eigenvalue weighted by Gasteiger charge is -2.07. The number of aliphatic carboxylic acids is 1. The van der Waals surface area contributed by atoms with Crippen molar-refractivity contribution in [2.75, 3.05) is 18.4 Å². The van der Waals surface area contributed by atoms with Gasteiger partial charge in [0, 0.05) is 25.1 Å². The SMILES string of the molecule is CCNCCC(=O)Nc1cccc(CCC(=O)O)c1. The summed E-state index contributed by atoms with van der Waals surface area (Å²) in [5, 5.41) is 14.5. The molecule has 0 aliphatic rings. The summed E-state index contributed by atoms with van der Waals surface area (Å²) in [5.41, 5.74) is 1.62. The molecule has 1 aromatic carbocycles. The average Bonchev–Trinajstić information content (AvgIpc) is 2.37. The number of carbonyl (C=O) groups excluding carboxylic acids is 1. The zero-order chi connectivity index (χ0) is 14.1. The Morgan fingerprint density at radius 2 is 2.05 bits per heavy atom. The Morgan fingerprint density at radius 3 is 2.74 bits per heavy atom. The van der Waals surface area contributed by atoms with Gasteiger partial charge in [-0.05, 0) is 30.7 Å². The van der Waals surface area contributed by atoms with Crippen LogP contribution in [0.1, 0.15) is 25.3 Å². The van der Waals surface area contributed by atoms with Crippen LogP contribution in [0.2, 0.25) is 0 Å². The Morgan fingerprint density at radius 1 is 1.26 bits per heavy atom. The molecule has 0 aromatic heterocycles. The van der Waals surface area contributed by atoms with Crippen LogP contribution >= 0.6 is 0 Å². The molecule has 1 aromatic rings. The minimum Gasteiger partial charge on any atom is -0.481 e. The normalized spacial score (nSPS) is 10.2. The van der Waals surface area contributed by atoms with E-state index >= 15 is 0 Å². The van der Waals surface area contributed by atoms with Crippen molar-refractivity contribution < 1.29 is 14.7 Å². The highest BCUT2D eigenvalue weighted by Gasteiger charge is 2.04. The highest BCUT2D eigenvalue weighted by atomic mass is 16.4. The Kier molecular flexibility index (Phi) is 6.60. The van der Waals surface area contributed by atoms with Gasteiger partial charge in [0.05, 0.1) is 0 Å². The third-order valence-electron chi connectivity index (χ3n) is 2.62. The lowest BCUT2D eigenvalue weighted by atomic mass is 10.1. The molecule has 0 fully saturated rings. The van der Waals surface area contributed by atoms with Crippen molar-refractivity contribution in [2.45, 2.75) is 26.2 Å². The molecule has 1 rings (SSSR count). The minimum absolute atomic E-state index is 0.0451. The van der Waals surface area contributed by atoms with Gasteiger partial charge < -0.3 is 15.7 Å². The number of hydrogen-bond donors (Lipinski definition) is 3. The van der Waals surface area contributed by atoms with Crippen molar-refractivity contribution in [2.24, 2.45) is 0 Å².